The molecule has 7 nitrogen and oxygen atoms in total. The van der Waals surface area contributed by atoms with Gasteiger partial charge in [-0.2, -0.15) is 5.10 Å². The van der Waals surface area contributed by atoms with E-state index in [2.05, 4.69) is 37.7 Å². The molecule has 0 radical (unpaired) electrons. The van der Waals surface area contributed by atoms with E-state index in [4.69, 9.17) is 10.7 Å². The number of aromatic nitrogens is 2. The molecule has 0 aromatic carbocycles. The Bertz CT molecular complexity index is 710. The van der Waals surface area contributed by atoms with Gasteiger partial charge >= 0.3 is 0 Å². The molecule has 3 atom stereocenters. The Hall–Kier alpha value is -1.32. The van der Waals surface area contributed by atoms with Gasteiger partial charge in [0.1, 0.15) is 0 Å². The summed E-state index contributed by atoms with van der Waals surface area (Å²) in [6.45, 7) is 11.0. The fourth-order valence-electron chi connectivity index (χ4n) is 4.48. The molecular formula is C20H35IN6O. The van der Waals surface area contributed by atoms with Crippen molar-refractivity contribution in [2.45, 2.75) is 58.5 Å². The zero-order valence-corrected chi connectivity index (χ0v) is 20.1. The summed E-state index contributed by atoms with van der Waals surface area (Å²) in [5.74, 6) is 1.57. The van der Waals surface area contributed by atoms with Gasteiger partial charge in [0.15, 0.2) is 5.96 Å². The van der Waals surface area contributed by atoms with E-state index < -0.39 is 0 Å². The van der Waals surface area contributed by atoms with Crippen LogP contribution in [0.4, 0.5) is 0 Å². The Morgan fingerprint density at radius 3 is 2.68 bits per heavy atom. The van der Waals surface area contributed by atoms with E-state index in [1.54, 1.807) is 4.68 Å². The molecule has 0 bridgehead atoms. The molecule has 158 valence electrons. The highest BCUT2D eigenvalue weighted by Crippen LogP contribution is 2.42. The summed E-state index contributed by atoms with van der Waals surface area (Å²) in [4.78, 5) is 21.7. The number of hydrogen-bond donors (Lipinski definition) is 1. The van der Waals surface area contributed by atoms with Gasteiger partial charge in [-0.1, -0.05) is 6.92 Å². The van der Waals surface area contributed by atoms with E-state index in [1.807, 2.05) is 24.3 Å². The van der Waals surface area contributed by atoms with Crippen molar-refractivity contribution < 1.29 is 4.79 Å². The third-order valence-corrected chi connectivity index (χ3v) is 5.69. The van der Waals surface area contributed by atoms with Crippen molar-refractivity contribution in [3.63, 3.8) is 0 Å². The highest BCUT2D eigenvalue weighted by Gasteiger charge is 2.45. The number of nitrogens with zero attached hydrogens (tertiary/aromatic N) is 5. The van der Waals surface area contributed by atoms with Gasteiger partial charge in [0, 0.05) is 56.3 Å². The Morgan fingerprint density at radius 1 is 1.39 bits per heavy atom. The number of piperidine rings is 1. The van der Waals surface area contributed by atoms with Gasteiger partial charge in [-0.15, -0.1) is 24.0 Å². The van der Waals surface area contributed by atoms with Crippen molar-refractivity contribution >= 4 is 35.8 Å². The van der Waals surface area contributed by atoms with E-state index in [-0.39, 0.29) is 47.4 Å². The average molecular weight is 502 g/mol. The fraction of sp³-hybridized carbons (Fsp3) is 0.750. The van der Waals surface area contributed by atoms with Gasteiger partial charge in [-0.05, 0) is 39.5 Å². The molecule has 28 heavy (non-hydrogen) atoms. The molecule has 0 saturated carbocycles. The van der Waals surface area contributed by atoms with Gasteiger partial charge in [-0.3, -0.25) is 14.5 Å². The smallest absolute Gasteiger partial charge is 0.223 e. The fourth-order valence-corrected chi connectivity index (χ4v) is 4.48. The molecule has 2 aliphatic rings. The van der Waals surface area contributed by atoms with Crippen LogP contribution in [0.3, 0.4) is 0 Å². The Labute approximate surface area is 185 Å². The van der Waals surface area contributed by atoms with Crippen molar-refractivity contribution in [3.05, 3.63) is 18.0 Å². The van der Waals surface area contributed by atoms with Crippen molar-refractivity contribution in [1.82, 2.24) is 19.6 Å². The number of likely N-dealkylation sites (tertiary alicyclic amines) is 2. The predicted octanol–water partition coefficient (Wildman–Crippen LogP) is 2.77. The number of carbonyl (C=O) groups excluding carboxylic acids is 1. The van der Waals surface area contributed by atoms with Crippen LogP contribution in [0.5, 0.6) is 0 Å². The standard InChI is InChI=1S/C20H34N6O.HI/c1-14-7-6-8-25(12-14)19(21)22-10-15-9-17(27)26(20(2,3)4)18(15)16-11-23-24(5)13-16;/h11,13-15,18H,6-10,12H2,1-5H3,(H2,21,22);1H/t14?,15-,18+;/m0./s1. The normalized spacial score (nSPS) is 26.5. The molecule has 1 aromatic rings. The molecule has 3 heterocycles. The first kappa shape index (κ1) is 23.0. The highest BCUT2D eigenvalue weighted by molar-refractivity contribution is 14.0. The molecule has 2 fully saturated rings. The summed E-state index contributed by atoms with van der Waals surface area (Å²) in [6.07, 6.45) is 6.80. The van der Waals surface area contributed by atoms with E-state index in [0.29, 0.717) is 24.8 Å². The van der Waals surface area contributed by atoms with Crippen LogP contribution in [0.15, 0.2) is 17.4 Å². The third kappa shape index (κ3) is 4.99. The highest BCUT2D eigenvalue weighted by atomic mass is 127. The molecule has 3 rings (SSSR count). The number of halogens is 1. The van der Waals surface area contributed by atoms with Crippen LogP contribution in [-0.2, 0) is 11.8 Å². The molecule has 8 heteroatoms. The summed E-state index contributed by atoms with van der Waals surface area (Å²) in [7, 11) is 1.91. The molecule has 2 saturated heterocycles. The lowest BCUT2D eigenvalue weighted by Gasteiger charge is -2.38. The largest absolute Gasteiger partial charge is 0.370 e. The van der Waals surface area contributed by atoms with Crippen LogP contribution in [-0.4, -0.2) is 56.6 Å². The minimum atomic E-state index is -0.246. The number of amides is 1. The van der Waals surface area contributed by atoms with E-state index in [1.165, 1.54) is 6.42 Å². The van der Waals surface area contributed by atoms with Crippen LogP contribution >= 0.6 is 24.0 Å². The van der Waals surface area contributed by atoms with Crippen molar-refractivity contribution in [1.29, 1.82) is 0 Å². The molecule has 2 aliphatic heterocycles. The first-order valence-electron chi connectivity index (χ1n) is 10.0. The van der Waals surface area contributed by atoms with Crippen molar-refractivity contribution in [2.75, 3.05) is 19.6 Å². The van der Waals surface area contributed by atoms with Crippen molar-refractivity contribution in [2.24, 2.45) is 29.6 Å². The van der Waals surface area contributed by atoms with E-state index in [9.17, 15) is 4.79 Å². The number of aryl methyl sites for hydroxylation is 1. The summed E-state index contributed by atoms with van der Waals surface area (Å²) < 4.78 is 1.79. The first-order chi connectivity index (χ1) is 12.7. The SMILES string of the molecule is CC1CCCN(C(N)=NC[C@@H]2CC(=O)N(C(C)(C)C)[C@H]2c2cnn(C)c2)C1.I. The number of aliphatic imine (C=N–C) groups is 1. The second kappa shape index (κ2) is 9.00. The second-order valence-electron chi connectivity index (χ2n) is 9.18. The lowest BCUT2D eigenvalue weighted by molar-refractivity contribution is -0.133. The summed E-state index contributed by atoms with van der Waals surface area (Å²) in [5.41, 5.74) is 7.12. The second-order valence-corrected chi connectivity index (χ2v) is 9.18. The van der Waals surface area contributed by atoms with Gasteiger partial charge in [-0.25, -0.2) is 0 Å². The molecule has 0 aliphatic carbocycles. The minimum absolute atomic E-state index is 0. The maximum absolute atomic E-state index is 12.8. The molecule has 2 N–H and O–H groups in total. The molecule has 1 unspecified atom stereocenters. The first-order valence-corrected chi connectivity index (χ1v) is 10.0. The summed E-state index contributed by atoms with van der Waals surface area (Å²) in [5, 5.41) is 4.32. The van der Waals surface area contributed by atoms with Crippen LogP contribution in [0.2, 0.25) is 0 Å². The predicted molar refractivity (Wildman–Crippen MR) is 123 cm³/mol. The molecular weight excluding hydrogens is 467 g/mol. The zero-order chi connectivity index (χ0) is 19.8. The number of nitrogens with two attached hydrogens (primary N) is 1. The number of carbonyl (C=O) groups is 1. The molecule has 1 amide bonds. The Morgan fingerprint density at radius 2 is 2.11 bits per heavy atom. The number of hydrogen-bond acceptors (Lipinski definition) is 3. The maximum Gasteiger partial charge on any atom is 0.223 e. The van der Waals surface area contributed by atoms with Crippen LogP contribution in [0.1, 0.15) is 58.6 Å². The third-order valence-electron chi connectivity index (χ3n) is 5.69. The van der Waals surface area contributed by atoms with Gasteiger partial charge in [0.25, 0.3) is 0 Å². The quantitative estimate of drug-likeness (QED) is 0.392. The maximum atomic E-state index is 12.8. The Balaban J connectivity index is 0.00000280. The van der Waals surface area contributed by atoms with Crippen LogP contribution < -0.4 is 5.73 Å². The Kier molecular flexibility index (Phi) is 7.38. The number of guanidine groups is 1. The lowest BCUT2D eigenvalue weighted by atomic mass is 9.93. The molecule has 0 spiro atoms. The summed E-state index contributed by atoms with van der Waals surface area (Å²) in [6, 6.07) is -0.0111. The molecule has 1 aromatic heterocycles. The van der Waals surface area contributed by atoms with Gasteiger partial charge in [0.05, 0.1) is 12.2 Å². The van der Waals surface area contributed by atoms with Gasteiger partial charge < -0.3 is 15.5 Å². The van der Waals surface area contributed by atoms with Gasteiger partial charge in [0.2, 0.25) is 5.91 Å². The zero-order valence-electron chi connectivity index (χ0n) is 17.8. The average Bonchev–Trinajstić information content (AvgIpc) is 3.15. The lowest BCUT2D eigenvalue weighted by Crippen LogP contribution is -2.44. The minimum Gasteiger partial charge on any atom is -0.370 e. The van der Waals surface area contributed by atoms with E-state index in [0.717, 1.165) is 25.1 Å². The van der Waals surface area contributed by atoms with Crippen LogP contribution in [0.25, 0.3) is 0 Å². The van der Waals surface area contributed by atoms with Crippen LogP contribution in [0, 0.1) is 11.8 Å². The topological polar surface area (TPSA) is 79.8 Å². The van der Waals surface area contributed by atoms with E-state index >= 15 is 0 Å². The monoisotopic (exact) mass is 502 g/mol. The van der Waals surface area contributed by atoms with Crippen molar-refractivity contribution in [3.8, 4) is 0 Å². The summed E-state index contributed by atoms with van der Waals surface area (Å²) >= 11 is 0. The number of rotatable bonds is 3.